The van der Waals surface area contributed by atoms with Crippen molar-refractivity contribution in [1.29, 1.82) is 0 Å². The molecule has 0 saturated carbocycles. The predicted octanol–water partition coefficient (Wildman–Crippen LogP) is 4.55. The van der Waals surface area contributed by atoms with E-state index in [4.69, 9.17) is 0 Å². The molecule has 0 fully saturated rings. The SMILES string of the molecule is O=C(Nc1ccccc1)c1cc2cccnc2nc1-c1ccccc1. The van der Waals surface area contributed by atoms with Crippen LogP contribution < -0.4 is 5.32 Å². The Hall–Kier alpha value is -3.53. The maximum Gasteiger partial charge on any atom is 0.257 e. The van der Waals surface area contributed by atoms with Gasteiger partial charge in [0.15, 0.2) is 5.65 Å². The van der Waals surface area contributed by atoms with Crippen LogP contribution in [-0.2, 0) is 0 Å². The highest BCUT2D eigenvalue weighted by molar-refractivity contribution is 6.09. The molecular weight excluding hydrogens is 310 g/mol. The van der Waals surface area contributed by atoms with Crippen LogP contribution in [0.3, 0.4) is 0 Å². The van der Waals surface area contributed by atoms with Gasteiger partial charge in [-0.25, -0.2) is 9.97 Å². The van der Waals surface area contributed by atoms with Gasteiger partial charge in [0.2, 0.25) is 0 Å². The molecule has 120 valence electrons. The number of carbonyl (C=O) groups is 1. The van der Waals surface area contributed by atoms with Crippen molar-refractivity contribution in [3.8, 4) is 11.3 Å². The van der Waals surface area contributed by atoms with Crippen molar-refractivity contribution in [1.82, 2.24) is 9.97 Å². The van der Waals surface area contributed by atoms with Crippen LogP contribution in [0.1, 0.15) is 10.4 Å². The molecule has 0 atom stereocenters. The van der Waals surface area contributed by atoms with Gasteiger partial charge in [-0.15, -0.1) is 0 Å². The summed E-state index contributed by atoms with van der Waals surface area (Å²) in [6.07, 6.45) is 1.70. The molecule has 25 heavy (non-hydrogen) atoms. The average molecular weight is 325 g/mol. The van der Waals surface area contributed by atoms with Crippen LogP contribution in [0.15, 0.2) is 85.1 Å². The first-order valence-electron chi connectivity index (χ1n) is 7.99. The van der Waals surface area contributed by atoms with Crippen molar-refractivity contribution in [3.05, 3.63) is 90.6 Å². The van der Waals surface area contributed by atoms with Gasteiger partial charge in [0.05, 0.1) is 11.3 Å². The van der Waals surface area contributed by atoms with E-state index in [1.807, 2.05) is 78.9 Å². The Balaban J connectivity index is 1.84. The number of anilines is 1. The number of rotatable bonds is 3. The van der Waals surface area contributed by atoms with E-state index in [9.17, 15) is 4.79 Å². The lowest BCUT2D eigenvalue weighted by atomic mass is 10.0. The highest BCUT2D eigenvalue weighted by atomic mass is 16.1. The van der Waals surface area contributed by atoms with Crippen molar-refractivity contribution in [3.63, 3.8) is 0 Å². The monoisotopic (exact) mass is 325 g/mol. The summed E-state index contributed by atoms with van der Waals surface area (Å²) in [6, 6.07) is 24.7. The number of fused-ring (bicyclic) bond motifs is 1. The van der Waals surface area contributed by atoms with Crippen LogP contribution in [0.4, 0.5) is 5.69 Å². The Bertz CT molecular complexity index is 1030. The molecule has 0 saturated heterocycles. The molecule has 0 aliphatic carbocycles. The molecule has 4 rings (SSSR count). The van der Waals surface area contributed by atoms with Gasteiger partial charge >= 0.3 is 0 Å². The summed E-state index contributed by atoms with van der Waals surface area (Å²) in [6.45, 7) is 0. The van der Waals surface area contributed by atoms with Gasteiger partial charge in [-0.1, -0.05) is 48.5 Å². The number of carbonyl (C=O) groups excluding carboxylic acids is 1. The summed E-state index contributed by atoms with van der Waals surface area (Å²) in [5.74, 6) is -0.191. The number of benzene rings is 2. The minimum absolute atomic E-state index is 0.191. The lowest BCUT2D eigenvalue weighted by molar-refractivity contribution is 0.102. The molecule has 0 aliphatic rings. The standard InChI is InChI=1S/C21H15N3O/c25-21(23-17-11-5-2-6-12-17)18-14-16-10-7-13-22-20(16)24-19(18)15-8-3-1-4-9-15/h1-14H,(H,23,25). The van der Waals surface area contributed by atoms with E-state index in [1.54, 1.807) is 6.20 Å². The van der Waals surface area contributed by atoms with E-state index in [-0.39, 0.29) is 5.91 Å². The quantitative estimate of drug-likeness (QED) is 0.601. The summed E-state index contributed by atoms with van der Waals surface area (Å²) in [5.41, 5.74) is 3.40. The Morgan fingerprint density at radius 2 is 1.56 bits per heavy atom. The largest absolute Gasteiger partial charge is 0.322 e. The first-order valence-corrected chi connectivity index (χ1v) is 7.99. The normalized spacial score (nSPS) is 10.6. The average Bonchev–Trinajstić information content (AvgIpc) is 2.68. The Labute approximate surface area is 145 Å². The number of aromatic nitrogens is 2. The second-order valence-electron chi connectivity index (χ2n) is 5.62. The van der Waals surface area contributed by atoms with Gasteiger partial charge in [-0.3, -0.25) is 4.79 Å². The van der Waals surface area contributed by atoms with Gasteiger partial charge < -0.3 is 5.32 Å². The van der Waals surface area contributed by atoms with Crippen molar-refractivity contribution < 1.29 is 4.79 Å². The number of para-hydroxylation sites is 1. The molecule has 2 aromatic heterocycles. The highest BCUT2D eigenvalue weighted by Gasteiger charge is 2.16. The molecule has 0 unspecified atom stereocenters. The summed E-state index contributed by atoms with van der Waals surface area (Å²) < 4.78 is 0. The molecule has 0 spiro atoms. The zero-order valence-electron chi connectivity index (χ0n) is 13.4. The van der Waals surface area contributed by atoms with E-state index in [2.05, 4.69) is 15.3 Å². The van der Waals surface area contributed by atoms with Crippen LogP contribution in [-0.4, -0.2) is 15.9 Å². The van der Waals surface area contributed by atoms with Crippen molar-refractivity contribution in [2.75, 3.05) is 5.32 Å². The molecule has 0 aliphatic heterocycles. The fraction of sp³-hybridized carbons (Fsp3) is 0. The van der Waals surface area contributed by atoms with Gasteiger partial charge in [0.1, 0.15) is 0 Å². The van der Waals surface area contributed by atoms with Crippen molar-refractivity contribution in [2.24, 2.45) is 0 Å². The van der Waals surface area contributed by atoms with E-state index in [1.165, 1.54) is 0 Å². The minimum atomic E-state index is -0.191. The van der Waals surface area contributed by atoms with Crippen LogP contribution in [0.25, 0.3) is 22.3 Å². The first-order chi connectivity index (χ1) is 12.3. The summed E-state index contributed by atoms with van der Waals surface area (Å²) >= 11 is 0. The third kappa shape index (κ3) is 3.10. The second-order valence-corrected chi connectivity index (χ2v) is 5.62. The molecule has 1 N–H and O–H groups in total. The van der Waals surface area contributed by atoms with Crippen molar-refractivity contribution in [2.45, 2.75) is 0 Å². The fourth-order valence-electron chi connectivity index (χ4n) is 2.71. The Kier molecular flexibility index (Phi) is 3.92. The fourth-order valence-corrected chi connectivity index (χ4v) is 2.71. The van der Waals surface area contributed by atoms with Gasteiger partial charge in [0, 0.05) is 22.8 Å². The number of nitrogens with zero attached hydrogens (tertiary/aromatic N) is 2. The van der Waals surface area contributed by atoms with E-state index in [0.29, 0.717) is 16.9 Å². The smallest absolute Gasteiger partial charge is 0.257 e. The molecule has 2 aromatic carbocycles. The number of nitrogens with one attached hydrogen (secondary N) is 1. The lowest BCUT2D eigenvalue weighted by Gasteiger charge is -2.11. The molecular formula is C21H15N3O. The van der Waals surface area contributed by atoms with E-state index in [0.717, 1.165) is 16.6 Å². The molecule has 0 radical (unpaired) electrons. The van der Waals surface area contributed by atoms with Crippen LogP contribution in [0, 0.1) is 0 Å². The lowest BCUT2D eigenvalue weighted by Crippen LogP contribution is -2.14. The maximum atomic E-state index is 12.9. The van der Waals surface area contributed by atoms with Gasteiger partial charge in [0.25, 0.3) is 5.91 Å². The van der Waals surface area contributed by atoms with Crippen LogP contribution >= 0.6 is 0 Å². The third-order valence-electron chi connectivity index (χ3n) is 3.91. The Morgan fingerprint density at radius 3 is 2.32 bits per heavy atom. The third-order valence-corrected chi connectivity index (χ3v) is 3.91. The zero-order valence-corrected chi connectivity index (χ0v) is 13.4. The number of hydrogen-bond acceptors (Lipinski definition) is 3. The van der Waals surface area contributed by atoms with Gasteiger partial charge in [-0.05, 0) is 30.3 Å². The molecule has 4 aromatic rings. The number of pyridine rings is 2. The highest BCUT2D eigenvalue weighted by Crippen LogP contribution is 2.25. The van der Waals surface area contributed by atoms with Gasteiger partial charge in [-0.2, -0.15) is 0 Å². The van der Waals surface area contributed by atoms with E-state index < -0.39 is 0 Å². The van der Waals surface area contributed by atoms with Crippen molar-refractivity contribution >= 4 is 22.6 Å². The first kappa shape index (κ1) is 15.0. The van der Waals surface area contributed by atoms with Crippen LogP contribution in [0.5, 0.6) is 0 Å². The second kappa shape index (κ2) is 6.53. The summed E-state index contributed by atoms with van der Waals surface area (Å²) in [7, 11) is 0. The minimum Gasteiger partial charge on any atom is -0.322 e. The molecule has 4 heteroatoms. The van der Waals surface area contributed by atoms with Crippen LogP contribution in [0.2, 0.25) is 0 Å². The summed E-state index contributed by atoms with van der Waals surface area (Å²) in [4.78, 5) is 21.8. The molecule has 4 nitrogen and oxygen atoms in total. The topological polar surface area (TPSA) is 54.9 Å². The predicted molar refractivity (Wildman–Crippen MR) is 99.4 cm³/mol. The molecule has 2 heterocycles. The number of hydrogen-bond donors (Lipinski definition) is 1. The van der Waals surface area contributed by atoms with E-state index >= 15 is 0 Å². The molecule has 0 bridgehead atoms. The summed E-state index contributed by atoms with van der Waals surface area (Å²) in [5, 5.41) is 3.77. The number of amides is 1. The molecule has 1 amide bonds. The Morgan fingerprint density at radius 1 is 0.840 bits per heavy atom. The maximum absolute atomic E-state index is 12.9. The zero-order chi connectivity index (χ0) is 17.1.